The van der Waals surface area contributed by atoms with Crippen LogP contribution in [0.2, 0.25) is 10.8 Å². The van der Waals surface area contributed by atoms with Crippen molar-refractivity contribution in [2.24, 2.45) is 0 Å². The number of benzene rings is 2. The number of nitrogens with zero attached hydrogens (tertiary/aromatic N) is 2. The maximum absolute atomic E-state index is 11.4. The first-order chi connectivity index (χ1) is 43.1. The minimum absolute atomic E-state index is 0.910. The molecule has 2 aromatic carbocycles. The molecule has 0 atom stereocenters. The summed E-state index contributed by atoms with van der Waals surface area (Å²) in [5, 5.41) is 2.87. The molecule has 1 aliphatic rings. The Bertz CT molecular complexity index is 1790. The summed E-state index contributed by atoms with van der Waals surface area (Å²) in [6.07, 6.45) is 89.1. The molecule has 1 heterocycles. The second kappa shape index (κ2) is 64.1. The van der Waals surface area contributed by atoms with E-state index in [1.54, 1.807) is 0 Å². The number of aryl methyl sites for hydroxylation is 2. The third-order valence-corrected chi connectivity index (χ3v) is 20.5. The van der Waals surface area contributed by atoms with E-state index < -0.39 is 0 Å². The van der Waals surface area contributed by atoms with Crippen LogP contribution < -0.4 is 0 Å². The molecule has 0 spiro atoms. The van der Waals surface area contributed by atoms with Gasteiger partial charge in [0, 0.05) is 22.8 Å². The predicted octanol–water partition coefficient (Wildman–Crippen LogP) is 30.6. The molecule has 0 radical (unpaired) electrons. The van der Waals surface area contributed by atoms with Gasteiger partial charge in [0.25, 0.3) is 0 Å². The quantitative estimate of drug-likeness (QED) is 0.0358. The van der Waals surface area contributed by atoms with Crippen LogP contribution in [0, 0.1) is 0 Å². The average molecular weight is 1250 g/mol. The van der Waals surface area contributed by atoms with Crippen molar-refractivity contribution in [3.05, 3.63) is 88.0 Å². The summed E-state index contributed by atoms with van der Waals surface area (Å²) in [7, 11) is 0. The molecule has 0 amide bonds. The number of unbranched alkanes of at least 4 members (excludes halogenated alkanes) is 53. The summed E-state index contributed by atoms with van der Waals surface area (Å²) in [4.78, 5) is 0. The Morgan fingerprint density at radius 3 is 0.828 bits per heavy atom. The summed E-state index contributed by atoms with van der Waals surface area (Å²) in [5.41, 5.74) is 19.5. The van der Waals surface area contributed by atoms with Crippen LogP contribution in [0.15, 0.2) is 60.2 Å². The SMILES string of the molecule is CCCCCCCCC1=C(c2cccc(CCCC)c2)[N+](=[N-])C(c2cccc(CCCC)c2)=C1.CCCCCCCCCCCCCCCCCCCCCCCCC[CH2][Ni][CH2]CCCCCCCCCCCCCCCCCCCCCCCCC. The molecule has 0 saturated carbocycles. The second-order valence-corrected chi connectivity index (χ2v) is 29.1. The fourth-order valence-corrected chi connectivity index (χ4v) is 14.4. The van der Waals surface area contributed by atoms with Gasteiger partial charge >= 0.3 is 166 Å². The van der Waals surface area contributed by atoms with Gasteiger partial charge in [0.15, 0.2) is 0 Å². The molecule has 87 heavy (non-hydrogen) atoms. The molecule has 0 aromatic heterocycles. The van der Waals surface area contributed by atoms with Crippen molar-refractivity contribution in [3.8, 4) is 0 Å². The fourth-order valence-electron chi connectivity index (χ4n) is 13.2. The van der Waals surface area contributed by atoms with Gasteiger partial charge in [-0.2, -0.15) is 0 Å². The summed E-state index contributed by atoms with van der Waals surface area (Å²) >= 11 is 2.05. The normalized spacial score (nSPS) is 12.5. The molecule has 0 bridgehead atoms. The Hall–Kier alpha value is -1.99. The Morgan fingerprint density at radius 2 is 0.529 bits per heavy atom. The zero-order chi connectivity index (χ0) is 62.2. The van der Waals surface area contributed by atoms with Gasteiger partial charge in [-0.25, -0.2) is 4.70 Å². The van der Waals surface area contributed by atoms with Crippen molar-refractivity contribution in [2.75, 3.05) is 0 Å². The molecule has 0 fully saturated rings. The third kappa shape index (κ3) is 48.4. The van der Waals surface area contributed by atoms with E-state index in [-0.39, 0.29) is 0 Å². The molecule has 0 N–H and O–H groups in total. The van der Waals surface area contributed by atoms with Gasteiger partial charge in [0.1, 0.15) is 0 Å². The Labute approximate surface area is 552 Å². The van der Waals surface area contributed by atoms with Crippen molar-refractivity contribution < 1.29 is 19.1 Å². The number of allylic oxidation sites excluding steroid dienone is 2. The number of hydrogen-bond acceptors (Lipinski definition) is 0. The maximum atomic E-state index is 11.4. The monoisotopic (exact) mass is 1250 g/mol. The summed E-state index contributed by atoms with van der Waals surface area (Å²) in [6.45, 7) is 11.4. The molecule has 0 aliphatic carbocycles. The number of rotatable bonds is 65. The third-order valence-electron chi connectivity index (χ3n) is 19.1. The molecular weight excluding hydrogens is 1100 g/mol. The van der Waals surface area contributed by atoms with Gasteiger partial charge in [-0.05, 0) is 73.9 Å². The minimum atomic E-state index is 0.910. The Kier molecular flexibility index (Phi) is 59.8. The van der Waals surface area contributed by atoms with E-state index in [0.717, 1.165) is 41.8 Å². The standard InChI is InChI=1S/C32H44N2.2C26H53.Ni/c1-4-7-10-11-12-13-20-30-25-31(28-21-14-18-26(23-28)16-8-5-2)34(33)32(30)29-22-15-19-27(24-29)17-9-6-3;2*1-3-5-7-9-11-13-15-17-19-21-23-25-26-24-22-20-18-16-14-12-10-8-6-4-2;/h14-15,18-19,21-25H,4-13,16-17,20H2,1-3H3;2*1,3-26H2,2H3;. The molecule has 2 nitrogen and oxygen atoms in total. The van der Waals surface area contributed by atoms with Crippen molar-refractivity contribution in [2.45, 2.75) is 437 Å². The molecular formula is C84H150N2Ni. The Balaban J connectivity index is 0.000000648. The zero-order valence-electron chi connectivity index (χ0n) is 59.5. The summed E-state index contributed by atoms with van der Waals surface area (Å²) in [6, 6.07) is 17.5. The molecule has 3 heteroatoms. The van der Waals surface area contributed by atoms with Crippen LogP contribution in [0.25, 0.3) is 16.9 Å². The van der Waals surface area contributed by atoms with Crippen LogP contribution in [0.4, 0.5) is 0 Å². The number of hydrogen-bond donors (Lipinski definition) is 0. The smallest absolute Gasteiger partial charge is 0.0654 e. The van der Waals surface area contributed by atoms with E-state index in [2.05, 4.69) is 104 Å². The summed E-state index contributed by atoms with van der Waals surface area (Å²) in [5.74, 6) is 0. The van der Waals surface area contributed by atoms with E-state index in [1.165, 1.54) is 405 Å². The van der Waals surface area contributed by atoms with Crippen molar-refractivity contribution in [1.82, 2.24) is 0 Å². The van der Waals surface area contributed by atoms with E-state index in [1.807, 2.05) is 0 Å². The van der Waals surface area contributed by atoms with E-state index in [0.29, 0.717) is 0 Å². The minimum Gasteiger partial charge on any atom is -0.0654 e. The van der Waals surface area contributed by atoms with Gasteiger partial charge in [0.2, 0.25) is 11.4 Å². The van der Waals surface area contributed by atoms with E-state index >= 15 is 0 Å². The Morgan fingerprint density at radius 1 is 0.276 bits per heavy atom. The molecule has 0 unspecified atom stereocenters. The van der Waals surface area contributed by atoms with Gasteiger partial charge < -0.3 is 5.53 Å². The van der Waals surface area contributed by atoms with Crippen LogP contribution in [-0.4, -0.2) is 4.70 Å². The molecule has 2 aromatic rings. The van der Waals surface area contributed by atoms with E-state index in [9.17, 15) is 5.53 Å². The molecule has 1 aliphatic heterocycles. The fraction of sp³-hybridized carbons (Fsp3) is 0.810. The zero-order valence-corrected chi connectivity index (χ0v) is 60.4. The molecule has 506 valence electrons. The predicted molar refractivity (Wildman–Crippen MR) is 389 cm³/mol. The van der Waals surface area contributed by atoms with Crippen LogP contribution in [0.1, 0.15) is 436 Å². The van der Waals surface area contributed by atoms with Crippen LogP contribution >= 0.6 is 0 Å². The first-order valence-corrected chi connectivity index (χ1v) is 41.1. The van der Waals surface area contributed by atoms with Gasteiger partial charge in [-0.1, -0.05) is 271 Å². The van der Waals surface area contributed by atoms with Crippen LogP contribution in [0.3, 0.4) is 0 Å². The van der Waals surface area contributed by atoms with Crippen LogP contribution in [0.5, 0.6) is 0 Å². The topological polar surface area (TPSA) is 25.3 Å². The second-order valence-electron chi connectivity index (χ2n) is 27.6. The van der Waals surface area contributed by atoms with Gasteiger partial charge in [0.05, 0.1) is 0 Å². The van der Waals surface area contributed by atoms with Crippen molar-refractivity contribution in [1.29, 1.82) is 0 Å². The molecule has 3 rings (SSSR count). The van der Waals surface area contributed by atoms with Gasteiger partial charge in [-0.3, -0.25) is 0 Å². The van der Waals surface area contributed by atoms with Crippen molar-refractivity contribution in [3.63, 3.8) is 0 Å². The van der Waals surface area contributed by atoms with E-state index in [4.69, 9.17) is 0 Å². The first kappa shape index (κ1) is 81.1. The van der Waals surface area contributed by atoms with Crippen molar-refractivity contribution >= 4 is 11.4 Å². The van der Waals surface area contributed by atoms with Crippen LogP contribution in [-0.2, 0) is 27.3 Å². The van der Waals surface area contributed by atoms with Gasteiger partial charge in [-0.15, -0.1) is 0 Å². The molecule has 0 saturated heterocycles. The summed E-state index contributed by atoms with van der Waals surface area (Å²) < 4.78 is 1.46. The first-order valence-electron chi connectivity index (χ1n) is 39.7. The average Bonchev–Trinajstić information content (AvgIpc) is 1.85.